The number of nitrogens with zero attached hydrogens (tertiary/aromatic N) is 3. The molecule has 1 aliphatic carbocycles. The number of aromatic nitrogens is 2. The minimum absolute atomic E-state index is 0.0121. The van der Waals surface area contributed by atoms with E-state index in [0.717, 1.165) is 36.6 Å². The van der Waals surface area contributed by atoms with Gasteiger partial charge in [0.2, 0.25) is 5.82 Å². The molecule has 2 atom stereocenters. The van der Waals surface area contributed by atoms with E-state index in [1.807, 2.05) is 39.0 Å². The van der Waals surface area contributed by atoms with Gasteiger partial charge in [-0.1, -0.05) is 24.5 Å². The van der Waals surface area contributed by atoms with Crippen molar-refractivity contribution in [1.82, 2.24) is 15.3 Å². The van der Waals surface area contributed by atoms with Crippen LogP contribution in [-0.4, -0.2) is 66.8 Å². The Morgan fingerprint density at radius 1 is 1.24 bits per heavy atom. The Hall–Kier alpha value is -2.78. The Morgan fingerprint density at radius 2 is 2.00 bits per heavy atom. The van der Waals surface area contributed by atoms with Crippen LogP contribution in [0.25, 0.3) is 10.9 Å². The quantitative estimate of drug-likeness (QED) is 0.301. The molecule has 0 unspecified atom stereocenters. The van der Waals surface area contributed by atoms with Crippen molar-refractivity contribution < 1.29 is 14.3 Å². The van der Waals surface area contributed by atoms with Crippen molar-refractivity contribution in [1.29, 1.82) is 0 Å². The average molecular weight is 457 g/mol. The number of hydrogen-bond donors (Lipinski definition) is 3. The molecule has 33 heavy (non-hydrogen) atoms. The molecule has 0 spiro atoms. The van der Waals surface area contributed by atoms with Gasteiger partial charge in [0.25, 0.3) is 5.91 Å². The molecule has 3 rings (SSSR count). The minimum atomic E-state index is -0.631. The van der Waals surface area contributed by atoms with E-state index in [1.54, 1.807) is 14.2 Å². The smallest absolute Gasteiger partial charge is 0.289 e. The summed E-state index contributed by atoms with van der Waals surface area (Å²) in [6, 6.07) is 5.95. The SMILES string of the molecule is COCCNC(=O)c1nc(N[C@H]2CCCC[C@H]2N=C(N)C(C)(C)OC)c2cc(C)ccc2n1. The van der Waals surface area contributed by atoms with E-state index in [9.17, 15) is 4.79 Å². The van der Waals surface area contributed by atoms with E-state index in [0.29, 0.717) is 30.3 Å². The Bertz CT molecular complexity index is 1010. The Balaban J connectivity index is 1.94. The number of methoxy groups -OCH3 is 2. The van der Waals surface area contributed by atoms with Crippen LogP contribution in [0.2, 0.25) is 0 Å². The minimum Gasteiger partial charge on any atom is -0.385 e. The van der Waals surface area contributed by atoms with E-state index >= 15 is 0 Å². The van der Waals surface area contributed by atoms with Crippen LogP contribution in [0.3, 0.4) is 0 Å². The number of benzene rings is 1. The number of amides is 1. The molecule has 1 aliphatic rings. The molecular weight excluding hydrogens is 420 g/mol. The maximum absolute atomic E-state index is 12.7. The molecule has 1 aromatic heterocycles. The highest BCUT2D eigenvalue weighted by molar-refractivity contribution is 5.96. The summed E-state index contributed by atoms with van der Waals surface area (Å²) in [4.78, 5) is 26.6. The molecule has 1 fully saturated rings. The summed E-state index contributed by atoms with van der Waals surface area (Å²) in [5.74, 6) is 0.908. The normalized spacial score (nSPS) is 19.5. The lowest BCUT2D eigenvalue weighted by Crippen LogP contribution is -2.44. The zero-order valence-corrected chi connectivity index (χ0v) is 20.3. The Morgan fingerprint density at radius 3 is 2.73 bits per heavy atom. The van der Waals surface area contributed by atoms with E-state index in [2.05, 4.69) is 20.6 Å². The van der Waals surface area contributed by atoms with Crippen molar-refractivity contribution in [2.45, 2.75) is 64.1 Å². The second-order valence-electron chi connectivity index (χ2n) is 9.00. The van der Waals surface area contributed by atoms with Crippen molar-refractivity contribution in [3.8, 4) is 0 Å². The van der Waals surface area contributed by atoms with Gasteiger partial charge in [-0.2, -0.15) is 0 Å². The molecule has 2 aromatic rings. The topological polar surface area (TPSA) is 124 Å². The first kappa shape index (κ1) is 24.9. The van der Waals surface area contributed by atoms with Gasteiger partial charge in [0.15, 0.2) is 0 Å². The number of anilines is 1. The number of aliphatic imine (C=N–C) groups is 1. The molecule has 1 aromatic carbocycles. The third kappa shape index (κ3) is 6.17. The molecule has 1 saturated carbocycles. The molecule has 4 N–H and O–H groups in total. The van der Waals surface area contributed by atoms with Crippen molar-refractivity contribution in [2.75, 3.05) is 32.7 Å². The summed E-state index contributed by atoms with van der Waals surface area (Å²) < 4.78 is 10.5. The van der Waals surface area contributed by atoms with Crippen molar-refractivity contribution in [2.24, 2.45) is 10.7 Å². The summed E-state index contributed by atoms with van der Waals surface area (Å²) in [6.45, 7) is 6.65. The van der Waals surface area contributed by atoms with E-state index in [1.165, 1.54) is 0 Å². The predicted molar refractivity (Wildman–Crippen MR) is 131 cm³/mol. The number of nitrogens with two attached hydrogens (primary N) is 1. The van der Waals surface area contributed by atoms with Gasteiger partial charge < -0.3 is 25.8 Å². The molecule has 0 radical (unpaired) electrons. The maximum Gasteiger partial charge on any atom is 0.289 e. The molecule has 0 aliphatic heterocycles. The van der Waals surface area contributed by atoms with Crippen LogP contribution in [0.15, 0.2) is 23.2 Å². The summed E-state index contributed by atoms with van der Waals surface area (Å²) >= 11 is 0. The molecule has 9 heteroatoms. The molecule has 0 bridgehead atoms. The summed E-state index contributed by atoms with van der Waals surface area (Å²) in [6.07, 6.45) is 4.03. The first-order chi connectivity index (χ1) is 15.7. The van der Waals surface area contributed by atoms with Gasteiger partial charge in [-0.3, -0.25) is 9.79 Å². The zero-order chi connectivity index (χ0) is 24.0. The summed E-state index contributed by atoms with van der Waals surface area (Å²) in [5, 5.41) is 7.25. The Kier molecular flexibility index (Phi) is 8.20. The zero-order valence-electron chi connectivity index (χ0n) is 20.3. The molecule has 180 valence electrons. The van der Waals surface area contributed by atoms with Crippen LogP contribution in [-0.2, 0) is 9.47 Å². The summed E-state index contributed by atoms with van der Waals surface area (Å²) in [5.41, 5.74) is 7.47. The van der Waals surface area contributed by atoms with Crippen molar-refractivity contribution in [3.63, 3.8) is 0 Å². The standard InChI is InChI=1S/C24H36N6O3/c1-15-10-11-17-16(14-15)20(30-21(27-17)22(31)26-12-13-32-4)28-18-8-6-7-9-19(18)29-23(25)24(2,3)33-5/h10-11,14,18-19H,6-9,12-13H2,1-5H3,(H2,25,29)(H,26,31)(H,27,28,30)/t18-,19+/m0/s1. The molecule has 1 amide bonds. The number of aryl methyl sites for hydroxylation is 1. The number of amidine groups is 1. The number of carbonyl (C=O) groups excluding carboxylic acids is 1. The van der Waals surface area contributed by atoms with Crippen LogP contribution in [0, 0.1) is 6.92 Å². The average Bonchev–Trinajstić information content (AvgIpc) is 2.80. The third-order valence-electron chi connectivity index (χ3n) is 6.13. The number of ether oxygens (including phenoxy) is 2. The number of carbonyl (C=O) groups is 1. The lowest BCUT2D eigenvalue weighted by atomic mass is 9.90. The highest BCUT2D eigenvalue weighted by Gasteiger charge is 2.29. The Labute approximate surface area is 195 Å². The van der Waals surface area contributed by atoms with Gasteiger partial charge in [0, 0.05) is 32.2 Å². The van der Waals surface area contributed by atoms with Crippen LogP contribution in [0.5, 0.6) is 0 Å². The van der Waals surface area contributed by atoms with Gasteiger partial charge in [-0.25, -0.2) is 9.97 Å². The van der Waals surface area contributed by atoms with E-state index in [4.69, 9.17) is 20.2 Å². The van der Waals surface area contributed by atoms with E-state index < -0.39 is 5.60 Å². The van der Waals surface area contributed by atoms with Gasteiger partial charge >= 0.3 is 0 Å². The molecule has 9 nitrogen and oxygen atoms in total. The summed E-state index contributed by atoms with van der Waals surface area (Å²) in [7, 11) is 3.22. The maximum atomic E-state index is 12.7. The van der Waals surface area contributed by atoms with Crippen LogP contribution < -0.4 is 16.4 Å². The fraction of sp³-hybridized carbons (Fsp3) is 0.583. The monoisotopic (exact) mass is 456 g/mol. The highest BCUT2D eigenvalue weighted by Crippen LogP contribution is 2.28. The first-order valence-corrected chi connectivity index (χ1v) is 11.5. The number of fused-ring (bicyclic) bond motifs is 1. The largest absolute Gasteiger partial charge is 0.385 e. The fourth-order valence-electron chi connectivity index (χ4n) is 3.85. The highest BCUT2D eigenvalue weighted by atomic mass is 16.5. The van der Waals surface area contributed by atoms with Crippen molar-refractivity contribution in [3.05, 3.63) is 29.6 Å². The third-order valence-corrected chi connectivity index (χ3v) is 6.13. The van der Waals surface area contributed by atoms with Gasteiger partial charge in [0.1, 0.15) is 17.3 Å². The lowest BCUT2D eigenvalue weighted by molar-refractivity contribution is 0.0810. The number of nitrogens with one attached hydrogen (secondary N) is 2. The number of hydrogen-bond acceptors (Lipinski definition) is 7. The second kappa shape index (κ2) is 10.9. The van der Waals surface area contributed by atoms with Crippen molar-refractivity contribution >= 4 is 28.5 Å². The second-order valence-corrected chi connectivity index (χ2v) is 9.00. The molecule has 1 heterocycles. The van der Waals surface area contributed by atoms with Crippen LogP contribution in [0.4, 0.5) is 5.82 Å². The van der Waals surface area contributed by atoms with Gasteiger partial charge in [-0.05, 0) is 45.7 Å². The van der Waals surface area contributed by atoms with Crippen LogP contribution in [0.1, 0.15) is 55.7 Å². The van der Waals surface area contributed by atoms with Gasteiger partial charge in [-0.15, -0.1) is 0 Å². The molecular formula is C24H36N6O3. The molecule has 0 saturated heterocycles. The van der Waals surface area contributed by atoms with Gasteiger partial charge in [0.05, 0.1) is 18.2 Å². The first-order valence-electron chi connectivity index (χ1n) is 11.5. The predicted octanol–water partition coefficient (Wildman–Crippen LogP) is 2.82. The fourth-order valence-corrected chi connectivity index (χ4v) is 3.85. The van der Waals surface area contributed by atoms with Crippen LogP contribution >= 0.6 is 0 Å². The number of rotatable bonds is 9. The van der Waals surface area contributed by atoms with E-state index in [-0.39, 0.29) is 23.8 Å². The lowest BCUT2D eigenvalue weighted by Gasteiger charge is -2.32.